The predicted octanol–water partition coefficient (Wildman–Crippen LogP) is 3.26. The van der Waals surface area contributed by atoms with Crippen LogP contribution in [0.25, 0.3) is 0 Å². The summed E-state index contributed by atoms with van der Waals surface area (Å²) in [6, 6.07) is 4.32. The van der Waals surface area contributed by atoms with Crippen LogP contribution in [0.1, 0.15) is 52.0 Å². The van der Waals surface area contributed by atoms with E-state index in [0.29, 0.717) is 36.9 Å². The van der Waals surface area contributed by atoms with Gasteiger partial charge in [-0.05, 0) is 64.7 Å². The maximum atomic E-state index is 14.2. The number of hydrogen-bond acceptors (Lipinski definition) is 4. The Balaban J connectivity index is 2.17. The molecule has 1 saturated carbocycles. The Morgan fingerprint density at radius 2 is 2.00 bits per heavy atom. The van der Waals surface area contributed by atoms with Gasteiger partial charge in [0.15, 0.2) is 0 Å². The van der Waals surface area contributed by atoms with E-state index in [1.807, 2.05) is 0 Å². The predicted molar refractivity (Wildman–Crippen MR) is 86.6 cm³/mol. The van der Waals surface area contributed by atoms with Gasteiger partial charge < -0.3 is 15.6 Å². The second-order valence-electron chi connectivity index (χ2n) is 7.21. The van der Waals surface area contributed by atoms with Crippen LogP contribution in [0.3, 0.4) is 0 Å². The minimum atomic E-state index is -0.824. The van der Waals surface area contributed by atoms with Crippen LogP contribution in [0, 0.1) is 5.82 Å². The van der Waals surface area contributed by atoms with Crippen molar-refractivity contribution >= 4 is 11.8 Å². The molecule has 1 amide bonds. The van der Waals surface area contributed by atoms with Gasteiger partial charge in [0, 0.05) is 16.8 Å². The van der Waals surface area contributed by atoms with Crippen LogP contribution in [0.4, 0.5) is 14.9 Å². The highest BCUT2D eigenvalue weighted by Crippen LogP contribution is 2.37. The smallest absolute Gasteiger partial charge is 0.412 e. The fraction of sp³-hybridized carbons (Fsp3) is 0.588. The van der Waals surface area contributed by atoms with Crippen molar-refractivity contribution in [2.75, 3.05) is 5.32 Å². The summed E-state index contributed by atoms with van der Waals surface area (Å²) in [5, 5.41) is 12.2. The average Bonchev–Trinajstić information content (AvgIpc) is 2.42. The van der Waals surface area contributed by atoms with Gasteiger partial charge in [-0.2, -0.15) is 0 Å². The van der Waals surface area contributed by atoms with Crippen molar-refractivity contribution in [2.24, 2.45) is 5.73 Å². The van der Waals surface area contributed by atoms with E-state index in [4.69, 9.17) is 10.5 Å². The molecule has 1 fully saturated rings. The van der Waals surface area contributed by atoms with E-state index in [2.05, 4.69) is 5.32 Å². The number of carbonyl (C=O) groups is 1. The molecular weight excluding hydrogens is 299 g/mol. The quantitative estimate of drug-likeness (QED) is 0.779. The molecule has 5 nitrogen and oxygen atoms in total. The lowest BCUT2D eigenvalue weighted by Gasteiger charge is -2.36. The van der Waals surface area contributed by atoms with Crippen LogP contribution in [0.2, 0.25) is 0 Å². The van der Waals surface area contributed by atoms with E-state index < -0.39 is 23.1 Å². The standard InChI is InChI=1S/C17H25FN2O3/c1-16(2,3)23-15(22)20-11-4-5-14(18)13(10-11)17(19)8-6-12(21)7-9-17/h4-5,10,12,21H,6-9,19H2,1-3H3,(H,20,22). The van der Waals surface area contributed by atoms with Crippen LogP contribution in [-0.4, -0.2) is 22.9 Å². The van der Waals surface area contributed by atoms with Gasteiger partial charge in [-0.3, -0.25) is 5.32 Å². The van der Waals surface area contributed by atoms with E-state index in [9.17, 15) is 14.3 Å². The molecule has 6 heteroatoms. The lowest BCUT2D eigenvalue weighted by Crippen LogP contribution is -2.42. The highest BCUT2D eigenvalue weighted by atomic mass is 19.1. The summed E-state index contributed by atoms with van der Waals surface area (Å²) in [5.74, 6) is -0.404. The highest BCUT2D eigenvalue weighted by Gasteiger charge is 2.35. The number of amides is 1. The van der Waals surface area contributed by atoms with Crippen molar-refractivity contribution in [3.8, 4) is 0 Å². The molecule has 2 rings (SSSR count). The molecule has 0 atom stereocenters. The summed E-state index contributed by atoms with van der Waals surface area (Å²) in [7, 11) is 0. The van der Waals surface area contributed by atoms with Gasteiger partial charge in [0.1, 0.15) is 11.4 Å². The molecule has 0 spiro atoms. The molecule has 1 aliphatic rings. The molecule has 1 aliphatic carbocycles. The van der Waals surface area contributed by atoms with Crippen molar-refractivity contribution < 1.29 is 19.0 Å². The summed E-state index contributed by atoms with van der Waals surface area (Å²) in [6.07, 6.45) is 1.11. The molecule has 4 N–H and O–H groups in total. The summed E-state index contributed by atoms with van der Waals surface area (Å²) in [5.41, 5.74) is 5.71. The second kappa shape index (κ2) is 6.45. The molecule has 0 aliphatic heterocycles. The molecule has 0 heterocycles. The summed E-state index contributed by atoms with van der Waals surface area (Å²) >= 11 is 0. The molecule has 128 valence electrons. The molecule has 0 aromatic heterocycles. The third kappa shape index (κ3) is 4.65. The lowest BCUT2D eigenvalue weighted by atomic mass is 9.76. The number of hydrogen-bond donors (Lipinski definition) is 3. The average molecular weight is 324 g/mol. The number of ether oxygens (including phenoxy) is 1. The molecular formula is C17H25FN2O3. The molecule has 1 aromatic carbocycles. The summed E-state index contributed by atoms with van der Waals surface area (Å²) < 4.78 is 19.4. The number of carbonyl (C=O) groups excluding carboxylic acids is 1. The lowest BCUT2D eigenvalue weighted by molar-refractivity contribution is 0.0636. The van der Waals surface area contributed by atoms with Crippen LogP contribution in [-0.2, 0) is 10.3 Å². The number of anilines is 1. The number of halogens is 1. The van der Waals surface area contributed by atoms with Gasteiger partial charge in [0.05, 0.1) is 6.10 Å². The minimum absolute atomic E-state index is 0.359. The van der Waals surface area contributed by atoms with Crippen molar-refractivity contribution in [3.63, 3.8) is 0 Å². The van der Waals surface area contributed by atoms with Gasteiger partial charge in [-0.25, -0.2) is 9.18 Å². The summed E-state index contributed by atoms with van der Waals surface area (Å²) in [6.45, 7) is 5.31. The normalized spacial score (nSPS) is 25.0. The molecule has 0 radical (unpaired) electrons. The van der Waals surface area contributed by atoms with Crippen molar-refractivity contribution in [3.05, 3.63) is 29.6 Å². The zero-order valence-electron chi connectivity index (χ0n) is 13.9. The molecule has 0 saturated heterocycles. The first-order chi connectivity index (χ1) is 10.6. The van der Waals surface area contributed by atoms with Gasteiger partial charge >= 0.3 is 6.09 Å². The van der Waals surface area contributed by atoms with Crippen molar-refractivity contribution in [1.82, 2.24) is 0 Å². The Bertz CT molecular complexity index is 576. The fourth-order valence-electron chi connectivity index (χ4n) is 2.79. The Morgan fingerprint density at radius 1 is 1.39 bits per heavy atom. The number of rotatable bonds is 2. The van der Waals surface area contributed by atoms with Crippen LogP contribution in [0.15, 0.2) is 18.2 Å². The van der Waals surface area contributed by atoms with Crippen molar-refractivity contribution in [1.29, 1.82) is 0 Å². The van der Waals surface area contributed by atoms with E-state index in [1.54, 1.807) is 26.8 Å². The number of nitrogens with two attached hydrogens (primary N) is 1. The molecule has 0 bridgehead atoms. The second-order valence-corrected chi connectivity index (χ2v) is 7.21. The Hall–Kier alpha value is -1.66. The third-order valence-electron chi connectivity index (χ3n) is 4.00. The maximum absolute atomic E-state index is 14.2. The van der Waals surface area contributed by atoms with Gasteiger partial charge in [-0.15, -0.1) is 0 Å². The topological polar surface area (TPSA) is 84.6 Å². The van der Waals surface area contributed by atoms with E-state index in [0.717, 1.165) is 0 Å². The SMILES string of the molecule is CC(C)(C)OC(=O)Nc1ccc(F)c(C2(N)CCC(O)CC2)c1. The fourth-order valence-corrected chi connectivity index (χ4v) is 2.79. The Labute approximate surface area is 136 Å². The van der Waals surface area contributed by atoms with E-state index in [1.165, 1.54) is 12.1 Å². The van der Waals surface area contributed by atoms with Crippen LogP contribution in [0.5, 0.6) is 0 Å². The zero-order valence-corrected chi connectivity index (χ0v) is 13.9. The van der Waals surface area contributed by atoms with Gasteiger partial charge in [-0.1, -0.05) is 0 Å². The number of aliphatic hydroxyl groups is 1. The number of nitrogens with one attached hydrogen (secondary N) is 1. The molecule has 1 aromatic rings. The largest absolute Gasteiger partial charge is 0.444 e. The van der Waals surface area contributed by atoms with Gasteiger partial charge in [0.2, 0.25) is 0 Å². The first-order valence-electron chi connectivity index (χ1n) is 7.86. The molecule has 23 heavy (non-hydrogen) atoms. The van der Waals surface area contributed by atoms with Crippen LogP contribution < -0.4 is 11.1 Å². The first kappa shape index (κ1) is 17.7. The molecule has 0 unspecified atom stereocenters. The monoisotopic (exact) mass is 324 g/mol. The minimum Gasteiger partial charge on any atom is -0.444 e. The highest BCUT2D eigenvalue weighted by molar-refractivity contribution is 5.85. The Morgan fingerprint density at radius 3 is 2.57 bits per heavy atom. The van der Waals surface area contributed by atoms with Crippen molar-refractivity contribution in [2.45, 2.75) is 63.7 Å². The number of benzene rings is 1. The number of aliphatic hydroxyl groups excluding tert-OH is 1. The Kier molecular flexibility index (Phi) is 4.96. The third-order valence-corrected chi connectivity index (χ3v) is 4.00. The first-order valence-corrected chi connectivity index (χ1v) is 7.86. The van der Waals surface area contributed by atoms with Crippen LogP contribution >= 0.6 is 0 Å². The maximum Gasteiger partial charge on any atom is 0.412 e. The summed E-state index contributed by atoms with van der Waals surface area (Å²) in [4.78, 5) is 11.8. The van der Waals surface area contributed by atoms with E-state index in [-0.39, 0.29) is 6.10 Å². The zero-order chi connectivity index (χ0) is 17.3. The van der Waals surface area contributed by atoms with Gasteiger partial charge in [0.25, 0.3) is 0 Å². The van der Waals surface area contributed by atoms with E-state index >= 15 is 0 Å².